The third kappa shape index (κ3) is 18.6. The zero-order valence-corrected chi connectivity index (χ0v) is 22.2. The molecular weight excluding hydrogens is 426 g/mol. The van der Waals surface area contributed by atoms with E-state index in [1.165, 1.54) is 0 Å². The van der Waals surface area contributed by atoms with Crippen molar-refractivity contribution < 1.29 is 28.4 Å². The van der Waals surface area contributed by atoms with Gasteiger partial charge in [0, 0.05) is 23.5 Å². The van der Waals surface area contributed by atoms with Crippen LogP contribution in [0, 0.1) is 5.41 Å². The van der Waals surface area contributed by atoms with Crippen molar-refractivity contribution >= 4 is 0 Å². The van der Waals surface area contributed by atoms with Gasteiger partial charge in [-0.3, -0.25) is 0 Å². The second-order valence-electron chi connectivity index (χ2n) is 9.76. The van der Waals surface area contributed by atoms with Crippen LogP contribution in [0.2, 0.25) is 0 Å². The van der Waals surface area contributed by atoms with Gasteiger partial charge in [0.05, 0.1) is 77.8 Å². The molecule has 9 heteroatoms. The summed E-state index contributed by atoms with van der Waals surface area (Å²) in [6.07, 6.45) is 0.730. The van der Waals surface area contributed by atoms with E-state index >= 15 is 0 Å². The Labute approximate surface area is 202 Å². The Hall–Kier alpha value is -0.360. The van der Waals surface area contributed by atoms with Crippen molar-refractivity contribution in [2.24, 2.45) is 22.6 Å². The fraction of sp³-hybridized carbons (Fsp3) is 1.00. The average Bonchev–Trinajstić information content (AvgIpc) is 2.74. The van der Waals surface area contributed by atoms with E-state index in [1.807, 2.05) is 41.5 Å². The maximum Gasteiger partial charge on any atom is 0.0781 e. The van der Waals surface area contributed by atoms with Gasteiger partial charge in [-0.1, -0.05) is 6.92 Å². The number of ether oxygens (including phenoxy) is 6. The lowest BCUT2D eigenvalue weighted by Gasteiger charge is -2.33. The van der Waals surface area contributed by atoms with Gasteiger partial charge in [0.25, 0.3) is 0 Å². The second kappa shape index (κ2) is 18.9. The first-order chi connectivity index (χ1) is 15.5. The van der Waals surface area contributed by atoms with E-state index in [2.05, 4.69) is 6.92 Å². The zero-order valence-electron chi connectivity index (χ0n) is 22.2. The Kier molecular flexibility index (Phi) is 18.7. The molecule has 0 fully saturated rings. The molecule has 0 rings (SSSR count). The molecule has 0 heterocycles. The predicted molar refractivity (Wildman–Crippen MR) is 132 cm³/mol. The zero-order chi connectivity index (χ0) is 25.3. The lowest BCUT2D eigenvalue weighted by atomic mass is 9.88. The number of nitrogens with two attached hydrogens (primary N) is 3. The summed E-state index contributed by atoms with van der Waals surface area (Å²) in [5, 5.41) is 0. The molecule has 0 aliphatic rings. The fourth-order valence-corrected chi connectivity index (χ4v) is 2.85. The third-order valence-corrected chi connectivity index (χ3v) is 4.96. The first-order valence-corrected chi connectivity index (χ1v) is 12.3. The summed E-state index contributed by atoms with van der Waals surface area (Å²) in [7, 11) is 0. The van der Waals surface area contributed by atoms with Crippen LogP contribution in [0.3, 0.4) is 0 Å². The van der Waals surface area contributed by atoms with E-state index in [-0.39, 0.29) is 41.9 Å². The van der Waals surface area contributed by atoms with Gasteiger partial charge < -0.3 is 45.6 Å². The van der Waals surface area contributed by atoms with Crippen LogP contribution in [-0.4, -0.2) is 95.9 Å². The molecular formula is C24H53N3O6. The van der Waals surface area contributed by atoms with Gasteiger partial charge >= 0.3 is 0 Å². The Balaban J connectivity index is 4.73. The topological polar surface area (TPSA) is 133 Å². The van der Waals surface area contributed by atoms with Crippen LogP contribution in [0.25, 0.3) is 0 Å². The molecule has 6 N–H and O–H groups in total. The Bertz CT molecular complexity index is 394. The quantitative estimate of drug-likeness (QED) is 0.212. The second-order valence-corrected chi connectivity index (χ2v) is 9.76. The molecule has 6 unspecified atom stereocenters. The monoisotopic (exact) mass is 479 g/mol. The summed E-state index contributed by atoms with van der Waals surface area (Å²) in [4.78, 5) is 0. The molecule has 0 spiro atoms. The van der Waals surface area contributed by atoms with Gasteiger partial charge in [-0.25, -0.2) is 0 Å². The highest BCUT2D eigenvalue weighted by Crippen LogP contribution is 2.25. The first kappa shape index (κ1) is 32.6. The van der Waals surface area contributed by atoms with E-state index in [0.29, 0.717) is 59.5 Å². The van der Waals surface area contributed by atoms with Gasteiger partial charge in [0.2, 0.25) is 0 Å². The van der Waals surface area contributed by atoms with Crippen LogP contribution in [0.1, 0.15) is 54.9 Å². The van der Waals surface area contributed by atoms with Crippen molar-refractivity contribution in [3.63, 3.8) is 0 Å². The van der Waals surface area contributed by atoms with E-state index in [1.54, 1.807) is 0 Å². The Morgan fingerprint density at radius 3 is 1.00 bits per heavy atom. The van der Waals surface area contributed by atoms with Gasteiger partial charge in [0.1, 0.15) is 0 Å². The molecule has 33 heavy (non-hydrogen) atoms. The van der Waals surface area contributed by atoms with Crippen molar-refractivity contribution in [3.8, 4) is 0 Å². The maximum absolute atomic E-state index is 6.04. The molecule has 0 amide bonds. The molecule has 9 nitrogen and oxygen atoms in total. The molecule has 0 radical (unpaired) electrons. The molecule has 0 aromatic rings. The van der Waals surface area contributed by atoms with Crippen molar-refractivity contribution in [2.45, 2.75) is 91.3 Å². The predicted octanol–water partition coefficient (Wildman–Crippen LogP) is 1.69. The molecule has 0 aromatic heterocycles. The van der Waals surface area contributed by atoms with Gasteiger partial charge in [-0.2, -0.15) is 0 Å². The minimum absolute atomic E-state index is 0.00177. The molecule has 0 aliphatic heterocycles. The summed E-state index contributed by atoms with van der Waals surface area (Å²) in [6, 6.07) is 0.00532. The number of hydrogen-bond acceptors (Lipinski definition) is 9. The van der Waals surface area contributed by atoms with Gasteiger partial charge in [-0.05, 0) is 48.0 Å². The van der Waals surface area contributed by atoms with Crippen LogP contribution >= 0.6 is 0 Å². The minimum atomic E-state index is -0.289. The highest BCUT2D eigenvalue weighted by atomic mass is 16.6. The standard InChI is InChI=1S/C24H53N3O6/c1-8-24(15-28-12-21(5)31-9-18(2)25,16-29-13-22(6)32-10-19(3)26)17-30-14-23(7)33-11-20(4)27/h18-23H,8-17,25-27H2,1-7H3. The normalized spacial score (nSPS) is 19.5. The lowest BCUT2D eigenvalue weighted by Crippen LogP contribution is -2.39. The Morgan fingerprint density at radius 1 is 0.515 bits per heavy atom. The number of hydrogen-bond donors (Lipinski definition) is 3. The molecule has 0 saturated carbocycles. The van der Waals surface area contributed by atoms with E-state index < -0.39 is 0 Å². The minimum Gasteiger partial charge on any atom is -0.378 e. The average molecular weight is 480 g/mol. The van der Waals surface area contributed by atoms with Crippen molar-refractivity contribution in [3.05, 3.63) is 0 Å². The molecule has 6 atom stereocenters. The Morgan fingerprint density at radius 2 is 0.788 bits per heavy atom. The summed E-state index contributed by atoms with van der Waals surface area (Å²) < 4.78 is 35.2. The van der Waals surface area contributed by atoms with Crippen LogP contribution < -0.4 is 17.2 Å². The molecule has 0 bridgehead atoms. The van der Waals surface area contributed by atoms with E-state index in [4.69, 9.17) is 45.6 Å². The lowest BCUT2D eigenvalue weighted by molar-refractivity contribution is -0.110. The van der Waals surface area contributed by atoms with Gasteiger partial charge in [-0.15, -0.1) is 0 Å². The SMILES string of the molecule is CCC(COCC(C)OCC(C)N)(COCC(C)OCC(C)N)COCC(C)OCC(C)N. The van der Waals surface area contributed by atoms with Crippen molar-refractivity contribution in [1.82, 2.24) is 0 Å². The number of rotatable bonds is 22. The van der Waals surface area contributed by atoms with Crippen LogP contribution in [-0.2, 0) is 28.4 Å². The molecule has 0 aromatic carbocycles. The van der Waals surface area contributed by atoms with Crippen molar-refractivity contribution in [1.29, 1.82) is 0 Å². The highest BCUT2D eigenvalue weighted by Gasteiger charge is 2.31. The smallest absolute Gasteiger partial charge is 0.0781 e. The summed E-state index contributed by atoms with van der Waals surface area (Å²) in [5.41, 5.74) is 17.0. The van der Waals surface area contributed by atoms with Crippen LogP contribution in [0.15, 0.2) is 0 Å². The molecule has 0 saturated heterocycles. The highest BCUT2D eigenvalue weighted by molar-refractivity contribution is 4.78. The first-order valence-electron chi connectivity index (χ1n) is 12.3. The molecule has 200 valence electrons. The van der Waals surface area contributed by atoms with E-state index in [0.717, 1.165) is 6.42 Å². The van der Waals surface area contributed by atoms with E-state index in [9.17, 15) is 0 Å². The van der Waals surface area contributed by atoms with Gasteiger partial charge in [0.15, 0.2) is 0 Å². The van der Waals surface area contributed by atoms with Crippen LogP contribution in [0.4, 0.5) is 0 Å². The van der Waals surface area contributed by atoms with Crippen molar-refractivity contribution in [2.75, 3.05) is 59.5 Å². The fourth-order valence-electron chi connectivity index (χ4n) is 2.85. The maximum atomic E-state index is 6.04. The summed E-state index contributed by atoms with van der Waals surface area (Å²) in [6.45, 7) is 18.3. The third-order valence-electron chi connectivity index (χ3n) is 4.96. The largest absolute Gasteiger partial charge is 0.378 e. The van der Waals surface area contributed by atoms with Crippen LogP contribution in [0.5, 0.6) is 0 Å². The summed E-state index contributed by atoms with van der Waals surface area (Å²) in [5.74, 6) is 0. The summed E-state index contributed by atoms with van der Waals surface area (Å²) >= 11 is 0. The molecule has 0 aliphatic carbocycles.